The topological polar surface area (TPSA) is 48.1 Å². The molecule has 1 saturated carbocycles. The Hall–Kier alpha value is -1.09. The molecular formula is C12H18N2O. The molecule has 1 fully saturated rings. The molecule has 82 valence electrons. The van der Waals surface area contributed by atoms with E-state index in [-0.39, 0.29) is 0 Å². The maximum absolute atomic E-state index is 5.72. The molecule has 2 N–H and O–H groups in total. The van der Waals surface area contributed by atoms with E-state index in [0.717, 1.165) is 31.0 Å². The second kappa shape index (κ2) is 4.19. The van der Waals surface area contributed by atoms with Crippen LogP contribution in [-0.4, -0.2) is 18.1 Å². The summed E-state index contributed by atoms with van der Waals surface area (Å²) in [7, 11) is 0. The minimum absolute atomic E-state index is 0.375. The van der Waals surface area contributed by atoms with Gasteiger partial charge in [0.2, 0.25) is 0 Å². The highest BCUT2D eigenvalue weighted by Crippen LogP contribution is 2.48. The summed E-state index contributed by atoms with van der Waals surface area (Å²) in [5.74, 6) is 0.865. The quantitative estimate of drug-likeness (QED) is 0.800. The number of nitrogens with two attached hydrogens (primary N) is 1. The van der Waals surface area contributed by atoms with Crippen molar-refractivity contribution in [2.45, 2.75) is 26.2 Å². The monoisotopic (exact) mass is 206 g/mol. The normalized spacial score (nSPS) is 17.5. The summed E-state index contributed by atoms with van der Waals surface area (Å²) < 4.78 is 5.72. The summed E-state index contributed by atoms with van der Waals surface area (Å²) in [4.78, 5) is 4.20. The number of aryl methyl sites for hydroxylation is 1. The van der Waals surface area contributed by atoms with E-state index in [1.54, 1.807) is 6.20 Å². The lowest BCUT2D eigenvalue weighted by Crippen LogP contribution is -2.17. The third-order valence-corrected chi connectivity index (χ3v) is 3.06. The van der Waals surface area contributed by atoms with Crippen molar-refractivity contribution in [2.24, 2.45) is 11.1 Å². The highest BCUT2D eigenvalue weighted by atomic mass is 16.5. The van der Waals surface area contributed by atoms with Gasteiger partial charge in [-0.3, -0.25) is 4.98 Å². The van der Waals surface area contributed by atoms with E-state index in [4.69, 9.17) is 10.5 Å². The molecule has 1 aromatic heterocycles. The molecule has 0 radical (unpaired) electrons. The third-order valence-electron chi connectivity index (χ3n) is 3.06. The lowest BCUT2D eigenvalue weighted by atomic mass is 10.0. The molecule has 3 nitrogen and oxygen atoms in total. The van der Waals surface area contributed by atoms with Crippen molar-refractivity contribution < 1.29 is 4.74 Å². The number of aromatic nitrogens is 1. The second-order valence-electron chi connectivity index (χ2n) is 4.46. The zero-order valence-electron chi connectivity index (χ0n) is 9.20. The van der Waals surface area contributed by atoms with Crippen LogP contribution < -0.4 is 10.5 Å². The van der Waals surface area contributed by atoms with Gasteiger partial charge >= 0.3 is 0 Å². The Bertz CT molecular complexity index is 317. The minimum atomic E-state index is 0.375. The summed E-state index contributed by atoms with van der Waals surface area (Å²) in [5.41, 5.74) is 6.97. The fourth-order valence-electron chi connectivity index (χ4n) is 1.73. The van der Waals surface area contributed by atoms with Gasteiger partial charge in [0.15, 0.2) is 0 Å². The van der Waals surface area contributed by atoms with E-state index in [0.29, 0.717) is 5.41 Å². The lowest BCUT2D eigenvalue weighted by Gasteiger charge is -2.14. The first kappa shape index (κ1) is 10.4. The lowest BCUT2D eigenvalue weighted by molar-refractivity contribution is 0.226. The van der Waals surface area contributed by atoms with Gasteiger partial charge < -0.3 is 10.5 Å². The fraction of sp³-hybridized carbons (Fsp3) is 0.583. The number of hydrogen-bond acceptors (Lipinski definition) is 3. The molecule has 15 heavy (non-hydrogen) atoms. The van der Waals surface area contributed by atoms with Crippen LogP contribution in [-0.2, 0) is 0 Å². The molecule has 1 aliphatic rings. The van der Waals surface area contributed by atoms with E-state index < -0.39 is 0 Å². The maximum Gasteiger partial charge on any atom is 0.137 e. The Morgan fingerprint density at radius 2 is 2.27 bits per heavy atom. The van der Waals surface area contributed by atoms with Crippen molar-refractivity contribution >= 4 is 0 Å². The van der Waals surface area contributed by atoms with Crippen molar-refractivity contribution in [1.82, 2.24) is 4.98 Å². The van der Waals surface area contributed by atoms with E-state index in [1.807, 2.05) is 19.1 Å². The van der Waals surface area contributed by atoms with Crippen LogP contribution in [0.5, 0.6) is 5.75 Å². The van der Waals surface area contributed by atoms with Crippen molar-refractivity contribution in [3.8, 4) is 5.75 Å². The van der Waals surface area contributed by atoms with E-state index in [2.05, 4.69) is 4.98 Å². The van der Waals surface area contributed by atoms with Crippen LogP contribution in [0.3, 0.4) is 0 Å². The minimum Gasteiger partial charge on any atom is -0.491 e. The van der Waals surface area contributed by atoms with Gasteiger partial charge in [0.1, 0.15) is 5.75 Å². The summed E-state index contributed by atoms with van der Waals surface area (Å²) in [6.07, 6.45) is 5.37. The van der Waals surface area contributed by atoms with Crippen LogP contribution in [0.2, 0.25) is 0 Å². The van der Waals surface area contributed by atoms with Gasteiger partial charge in [-0.15, -0.1) is 0 Å². The van der Waals surface area contributed by atoms with E-state index in [9.17, 15) is 0 Å². The number of pyridine rings is 1. The highest BCUT2D eigenvalue weighted by molar-refractivity contribution is 5.19. The molecule has 0 aliphatic heterocycles. The summed E-state index contributed by atoms with van der Waals surface area (Å²) in [6, 6.07) is 3.94. The van der Waals surface area contributed by atoms with Gasteiger partial charge in [-0.2, -0.15) is 0 Å². The van der Waals surface area contributed by atoms with E-state index >= 15 is 0 Å². The predicted octanol–water partition coefficient (Wildman–Crippen LogP) is 1.90. The molecule has 0 bridgehead atoms. The van der Waals surface area contributed by atoms with Crippen LogP contribution >= 0.6 is 0 Å². The second-order valence-corrected chi connectivity index (χ2v) is 4.46. The van der Waals surface area contributed by atoms with Crippen molar-refractivity contribution in [3.05, 3.63) is 24.0 Å². The Balaban J connectivity index is 1.85. The molecule has 1 heterocycles. The smallest absolute Gasteiger partial charge is 0.137 e. The Morgan fingerprint density at radius 3 is 2.80 bits per heavy atom. The summed E-state index contributed by atoms with van der Waals surface area (Å²) >= 11 is 0. The molecular weight excluding hydrogens is 188 g/mol. The fourth-order valence-corrected chi connectivity index (χ4v) is 1.73. The third kappa shape index (κ3) is 2.69. The Kier molecular flexibility index (Phi) is 2.91. The van der Waals surface area contributed by atoms with Crippen molar-refractivity contribution in [1.29, 1.82) is 0 Å². The number of nitrogens with zero attached hydrogens (tertiary/aromatic N) is 1. The van der Waals surface area contributed by atoms with Gasteiger partial charge in [0.25, 0.3) is 0 Å². The largest absolute Gasteiger partial charge is 0.491 e. The molecule has 2 rings (SSSR count). The highest BCUT2D eigenvalue weighted by Gasteiger charge is 2.42. The van der Waals surface area contributed by atoms with Crippen LogP contribution in [0.15, 0.2) is 18.3 Å². The summed E-state index contributed by atoms with van der Waals surface area (Å²) in [5, 5.41) is 0. The molecule has 0 unspecified atom stereocenters. The standard InChI is InChI=1S/C12H18N2O/c1-10-2-3-11(8-14-10)15-9-12(4-5-12)6-7-13/h2-3,8H,4-7,9,13H2,1H3. The molecule has 1 aliphatic carbocycles. The molecule has 1 aromatic rings. The maximum atomic E-state index is 5.72. The molecule has 3 heteroatoms. The van der Waals surface area contributed by atoms with Gasteiger partial charge in [-0.1, -0.05) is 0 Å². The van der Waals surface area contributed by atoms with Crippen molar-refractivity contribution in [2.75, 3.05) is 13.2 Å². The number of hydrogen-bond donors (Lipinski definition) is 1. The Morgan fingerprint density at radius 1 is 1.47 bits per heavy atom. The zero-order chi connectivity index (χ0) is 10.7. The molecule has 0 atom stereocenters. The van der Waals surface area contributed by atoms with Gasteiger partial charge in [0, 0.05) is 11.1 Å². The van der Waals surface area contributed by atoms with Gasteiger partial charge in [0.05, 0.1) is 12.8 Å². The van der Waals surface area contributed by atoms with E-state index in [1.165, 1.54) is 12.8 Å². The van der Waals surface area contributed by atoms with Crippen LogP contribution in [0.4, 0.5) is 0 Å². The predicted molar refractivity (Wildman–Crippen MR) is 59.8 cm³/mol. The van der Waals surface area contributed by atoms with Crippen LogP contribution in [0, 0.1) is 12.3 Å². The first-order chi connectivity index (χ1) is 7.24. The SMILES string of the molecule is Cc1ccc(OCC2(CCN)CC2)cn1. The average molecular weight is 206 g/mol. The zero-order valence-corrected chi connectivity index (χ0v) is 9.20. The van der Waals surface area contributed by atoms with Crippen molar-refractivity contribution in [3.63, 3.8) is 0 Å². The van der Waals surface area contributed by atoms with Gasteiger partial charge in [-0.05, 0) is 44.9 Å². The van der Waals surface area contributed by atoms with Gasteiger partial charge in [-0.25, -0.2) is 0 Å². The Labute approximate surface area is 90.7 Å². The molecule has 0 aromatic carbocycles. The molecule has 0 saturated heterocycles. The number of rotatable bonds is 5. The average Bonchev–Trinajstić information content (AvgIpc) is 2.99. The summed E-state index contributed by atoms with van der Waals surface area (Å²) in [6.45, 7) is 3.52. The first-order valence-electron chi connectivity index (χ1n) is 5.50. The number of ether oxygens (including phenoxy) is 1. The molecule has 0 spiro atoms. The first-order valence-corrected chi connectivity index (χ1v) is 5.50. The van der Waals surface area contributed by atoms with Crippen LogP contribution in [0.25, 0.3) is 0 Å². The van der Waals surface area contributed by atoms with Crippen LogP contribution in [0.1, 0.15) is 25.0 Å². The molecule has 0 amide bonds.